The Hall–Kier alpha value is -1.46. The van der Waals surface area contributed by atoms with Crippen molar-refractivity contribution in [2.75, 3.05) is 13.7 Å². The van der Waals surface area contributed by atoms with Crippen molar-refractivity contribution in [1.82, 2.24) is 0 Å². The van der Waals surface area contributed by atoms with E-state index in [1.165, 1.54) is 25.3 Å². The smallest absolute Gasteiger partial charge is 0.339 e. The van der Waals surface area contributed by atoms with Crippen LogP contribution in [-0.4, -0.2) is 24.8 Å². The van der Waals surface area contributed by atoms with Gasteiger partial charge in [0.05, 0.1) is 13.2 Å². The second-order valence-corrected chi connectivity index (χ2v) is 3.44. The lowest BCUT2D eigenvalue weighted by molar-refractivity contribution is -0.153. The zero-order chi connectivity index (χ0) is 12.8. The molecule has 1 aromatic rings. The summed E-state index contributed by atoms with van der Waals surface area (Å²) < 4.78 is 23.0. The van der Waals surface area contributed by atoms with Crippen LogP contribution in [0.1, 0.15) is 24.2 Å². The monoisotopic (exact) mass is 242 g/mol. The molecule has 1 unspecified atom stereocenters. The third-order valence-corrected chi connectivity index (χ3v) is 2.18. The van der Waals surface area contributed by atoms with Crippen molar-refractivity contribution in [2.24, 2.45) is 0 Å². The normalized spacial score (nSPS) is 12.2. The highest BCUT2D eigenvalue weighted by atomic mass is 19.1. The molecule has 0 bridgehead atoms. The minimum atomic E-state index is -1.60. The molecule has 0 aliphatic carbocycles. The highest BCUT2D eigenvalue weighted by molar-refractivity contribution is 5.76. The predicted molar refractivity (Wildman–Crippen MR) is 58.7 cm³/mol. The fourth-order valence-corrected chi connectivity index (χ4v) is 1.41. The molecule has 1 atom stereocenters. The third kappa shape index (κ3) is 3.51. The molecule has 1 N–H and O–H groups in total. The number of esters is 1. The number of methoxy groups -OCH3 is 1. The number of benzene rings is 1. The molecule has 1 aromatic carbocycles. The van der Waals surface area contributed by atoms with Gasteiger partial charge in [0.25, 0.3) is 0 Å². The van der Waals surface area contributed by atoms with Gasteiger partial charge in [-0.2, -0.15) is 0 Å². The fraction of sp³-hybridized carbons (Fsp3) is 0.417. The maximum Gasteiger partial charge on any atom is 0.339 e. The molecule has 0 aliphatic heterocycles. The molecule has 0 aliphatic rings. The quantitative estimate of drug-likeness (QED) is 0.796. The average molecular weight is 242 g/mol. The number of aliphatic hydroxyl groups excluding tert-OH is 1. The van der Waals surface area contributed by atoms with E-state index in [-0.39, 0.29) is 18.8 Å². The van der Waals surface area contributed by atoms with Crippen molar-refractivity contribution in [3.63, 3.8) is 0 Å². The summed E-state index contributed by atoms with van der Waals surface area (Å²) in [5.74, 6) is -1.51. The summed E-state index contributed by atoms with van der Waals surface area (Å²) in [5, 5.41) is 9.64. The van der Waals surface area contributed by atoms with Gasteiger partial charge in [0.2, 0.25) is 0 Å². The molecule has 0 fully saturated rings. The SMILES string of the molecule is CCOC(=O)C(O)c1cc(COC)ccc1F. The van der Waals surface area contributed by atoms with E-state index in [9.17, 15) is 14.3 Å². The Bertz CT molecular complexity index is 392. The van der Waals surface area contributed by atoms with Crippen LogP contribution in [0.25, 0.3) is 0 Å². The fourth-order valence-electron chi connectivity index (χ4n) is 1.41. The van der Waals surface area contributed by atoms with Crippen LogP contribution in [0, 0.1) is 5.82 Å². The van der Waals surface area contributed by atoms with Crippen molar-refractivity contribution in [2.45, 2.75) is 19.6 Å². The van der Waals surface area contributed by atoms with Gasteiger partial charge in [-0.15, -0.1) is 0 Å². The van der Waals surface area contributed by atoms with Gasteiger partial charge in [-0.3, -0.25) is 0 Å². The Morgan fingerprint density at radius 3 is 2.82 bits per heavy atom. The number of rotatable bonds is 5. The van der Waals surface area contributed by atoms with Gasteiger partial charge < -0.3 is 14.6 Å². The average Bonchev–Trinajstić information content (AvgIpc) is 2.31. The predicted octanol–water partition coefficient (Wildman–Crippen LogP) is 1.57. The number of hydrogen-bond acceptors (Lipinski definition) is 4. The van der Waals surface area contributed by atoms with Crippen molar-refractivity contribution in [3.05, 3.63) is 35.1 Å². The minimum absolute atomic E-state index is 0.0991. The van der Waals surface area contributed by atoms with Gasteiger partial charge >= 0.3 is 5.97 Å². The summed E-state index contributed by atoms with van der Waals surface area (Å²) in [6, 6.07) is 4.10. The zero-order valence-corrected chi connectivity index (χ0v) is 9.77. The van der Waals surface area contributed by atoms with E-state index >= 15 is 0 Å². The lowest BCUT2D eigenvalue weighted by Gasteiger charge is -2.12. The second kappa shape index (κ2) is 6.32. The first kappa shape index (κ1) is 13.6. The van der Waals surface area contributed by atoms with E-state index in [2.05, 4.69) is 4.74 Å². The molecule has 0 amide bonds. The van der Waals surface area contributed by atoms with Crippen molar-refractivity contribution >= 4 is 5.97 Å². The highest BCUT2D eigenvalue weighted by Crippen LogP contribution is 2.20. The second-order valence-electron chi connectivity index (χ2n) is 3.44. The summed E-state index contributed by atoms with van der Waals surface area (Å²) >= 11 is 0. The van der Waals surface area contributed by atoms with Crippen LogP contribution in [0.3, 0.4) is 0 Å². The number of halogens is 1. The van der Waals surface area contributed by atoms with Crippen LogP contribution in [0.2, 0.25) is 0 Å². The Balaban J connectivity index is 2.94. The summed E-state index contributed by atoms with van der Waals surface area (Å²) in [7, 11) is 1.50. The minimum Gasteiger partial charge on any atom is -0.464 e. The first-order valence-corrected chi connectivity index (χ1v) is 5.22. The van der Waals surface area contributed by atoms with Gasteiger partial charge in [-0.25, -0.2) is 9.18 Å². The topological polar surface area (TPSA) is 55.8 Å². The molecular weight excluding hydrogens is 227 g/mol. The van der Waals surface area contributed by atoms with Crippen LogP contribution in [0.4, 0.5) is 4.39 Å². The molecular formula is C12H15FO4. The first-order valence-electron chi connectivity index (χ1n) is 5.22. The summed E-state index contributed by atoms with van der Waals surface area (Å²) in [4.78, 5) is 11.3. The van der Waals surface area contributed by atoms with Gasteiger partial charge in [-0.05, 0) is 24.6 Å². The van der Waals surface area contributed by atoms with E-state index in [0.29, 0.717) is 5.56 Å². The van der Waals surface area contributed by atoms with Crippen LogP contribution in [0.5, 0.6) is 0 Å². The number of ether oxygens (including phenoxy) is 2. The van der Waals surface area contributed by atoms with Crippen LogP contribution in [0.15, 0.2) is 18.2 Å². The zero-order valence-electron chi connectivity index (χ0n) is 9.77. The van der Waals surface area contributed by atoms with Gasteiger partial charge in [-0.1, -0.05) is 6.07 Å². The summed E-state index contributed by atoms with van der Waals surface area (Å²) in [6.07, 6.45) is -1.60. The van der Waals surface area contributed by atoms with Gasteiger partial charge in [0.1, 0.15) is 5.82 Å². The number of aliphatic hydroxyl groups is 1. The van der Waals surface area contributed by atoms with E-state index in [0.717, 1.165) is 0 Å². The lowest BCUT2D eigenvalue weighted by atomic mass is 10.1. The Morgan fingerprint density at radius 2 is 2.24 bits per heavy atom. The van der Waals surface area contributed by atoms with Crippen LogP contribution >= 0.6 is 0 Å². The van der Waals surface area contributed by atoms with E-state index in [1.807, 2.05) is 0 Å². The summed E-state index contributed by atoms with van der Waals surface area (Å²) in [6.45, 7) is 2.03. The molecule has 17 heavy (non-hydrogen) atoms. The first-order chi connectivity index (χ1) is 8.10. The Morgan fingerprint density at radius 1 is 1.53 bits per heavy atom. The van der Waals surface area contributed by atoms with E-state index in [4.69, 9.17) is 4.74 Å². The van der Waals surface area contributed by atoms with E-state index < -0.39 is 17.9 Å². The number of hydrogen-bond donors (Lipinski definition) is 1. The van der Waals surface area contributed by atoms with Crippen LogP contribution < -0.4 is 0 Å². The standard InChI is InChI=1S/C12H15FO4/c1-3-17-12(15)11(14)9-6-8(7-16-2)4-5-10(9)13/h4-6,11,14H,3,7H2,1-2H3. The molecule has 5 heteroatoms. The largest absolute Gasteiger partial charge is 0.464 e. The highest BCUT2D eigenvalue weighted by Gasteiger charge is 2.22. The molecule has 0 spiro atoms. The summed E-state index contributed by atoms with van der Waals surface area (Å²) in [5.41, 5.74) is 0.574. The van der Waals surface area contributed by atoms with Gasteiger partial charge in [0.15, 0.2) is 6.10 Å². The number of carbonyl (C=O) groups excluding carboxylic acids is 1. The molecule has 0 saturated carbocycles. The van der Waals surface area contributed by atoms with E-state index in [1.54, 1.807) is 6.92 Å². The van der Waals surface area contributed by atoms with Crippen LogP contribution in [-0.2, 0) is 20.9 Å². The Kier molecular flexibility index (Phi) is 5.06. The molecule has 94 valence electrons. The Labute approximate surface area is 99.0 Å². The van der Waals surface area contributed by atoms with Crippen molar-refractivity contribution in [3.8, 4) is 0 Å². The van der Waals surface area contributed by atoms with Gasteiger partial charge in [0, 0.05) is 12.7 Å². The lowest BCUT2D eigenvalue weighted by Crippen LogP contribution is -2.17. The maximum atomic E-state index is 13.5. The third-order valence-electron chi connectivity index (χ3n) is 2.18. The maximum absolute atomic E-state index is 13.5. The molecule has 0 aromatic heterocycles. The molecule has 0 heterocycles. The molecule has 0 radical (unpaired) electrons. The number of carbonyl (C=O) groups is 1. The van der Waals surface area contributed by atoms with Crippen molar-refractivity contribution < 1.29 is 23.8 Å². The molecule has 4 nitrogen and oxygen atoms in total. The molecule has 0 saturated heterocycles. The van der Waals surface area contributed by atoms with Crippen molar-refractivity contribution in [1.29, 1.82) is 0 Å². The molecule has 1 rings (SSSR count).